The molecule has 0 aliphatic carbocycles. The van der Waals surface area contributed by atoms with E-state index in [-0.39, 0.29) is 24.3 Å². The third kappa shape index (κ3) is 5.99. The van der Waals surface area contributed by atoms with Gasteiger partial charge in [0.15, 0.2) is 11.6 Å². The molecule has 43 heavy (non-hydrogen) atoms. The maximum Gasteiger partial charge on any atom is 0.276 e. The Morgan fingerprint density at radius 3 is 2.67 bits per heavy atom. The zero-order chi connectivity index (χ0) is 30.3. The summed E-state index contributed by atoms with van der Waals surface area (Å²) in [5.74, 6) is -1.35. The largest absolute Gasteiger partial charge is 0.454 e. The predicted molar refractivity (Wildman–Crippen MR) is 163 cm³/mol. The third-order valence-electron chi connectivity index (χ3n) is 7.73. The van der Waals surface area contributed by atoms with Crippen molar-refractivity contribution in [2.24, 2.45) is 7.05 Å². The minimum Gasteiger partial charge on any atom is -0.454 e. The lowest BCUT2D eigenvalue weighted by Crippen LogP contribution is -2.23. The van der Waals surface area contributed by atoms with Gasteiger partial charge in [0.2, 0.25) is 0 Å². The standard InChI is InChI=1S/C31H35F2N5O4Si/c1-36-17-23(22-16-35-38(30(22)31(36)39)19-40-11-12-43(2,3)4)21-14-25-26(37(18-34-25)29-7-5-6-10-41-29)15-28(21)42-27-9-8-20(32)13-24(27)33/h8-9,13-18,29H,5-7,10-12,19H2,1-4H3. The van der Waals surface area contributed by atoms with Crippen molar-refractivity contribution < 1.29 is 23.0 Å². The van der Waals surface area contributed by atoms with Gasteiger partial charge in [0.05, 0.1) is 23.6 Å². The van der Waals surface area contributed by atoms with Crippen LogP contribution < -0.4 is 10.3 Å². The Bertz CT molecular complexity index is 1850. The van der Waals surface area contributed by atoms with E-state index in [1.807, 2.05) is 10.6 Å². The lowest BCUT2D eigenvalue weighted by molar-refractivity contribution is -0.0295. The number of hydrogen-bond donors (Lipinski definition) is 0. The van der Waals surface area contributed by atoms with Gasteiger partial charge in [-0.25, -0.2) is 18.4 Å². The molecule has 0 radical (unpaired) electrons. The molecule has 1 aliphatic rings. The Hall–Kier alpha value is -3.87. The molecule has 0 N–H and O–H groups in total. The normalized spacial score (nSPS) is 15.9. The summed E-state index contributed by atoms with van der Waals surface area (Å²) in [6.45, 7) is 8.22. The highest BCUT2D eigenvalue weighted by Crippen LogP contribution is 2.40. The van der Waals surface area contributed by atoms with Crippen LogP contribution in [0.15, 0.2) is 53.8 Å². The highest BCUT2D eigenvalue weighted by molar-refractivity contribution is 6.76. The van der Waals surface area contributed by atoms with Crippen molar-refractivity contribution in [1.82, 2.24) is 23.9 Å². The van der Waals surface area contributed by atoms with Crippen LogP contribution in [0.1, 0.15) is 25.5 Å². The molecule has 4 heterocycles. The molecule has 1 atom stereocenters. The van der Waals surface area contributed by atoms with Crippen LogP contribution >= 0.6 is 0 Å². The average Bonchev–Trinajstić information content (AvgIpc) is 3.58. The molecule has 226 valence electrons. The van der Waals surface area contributed by atoms with E-state index >= 15 is 0 Å². The Morgan fingerprint density at radius 2 is 1.93 bits per heavy atom. The number of aryl methyl sites for hydroxylation is 1. The van der Waals surface area contributed by atoms with Crippen LogP contribution in [-0.2, 0) is 23.3 Å². The number of nitrogens with zero attached hydrogens (tertiary/aromatic N) is 5. The SMILES string of the molecule is Cn1cc(-c2cc3ncn(C4CCCCO4)c3cc2Oc2ccc(F)cc2F)c2cnn(COCC[Si](C)(C)C)c2c1=O. The third-order valence-corrected chi connectivity index (χ3v) is 9.44. The Balaban J connectivity index is 1.48. The van der Waals surface area contributed by atoms with Gasteiger partial charge < -0.3 is 23.3 Å². The second-order valence-electron chi connectivity index (χ2n) is 12.2. The fraction of sp³-hybridized carbons (Fsp3) is 0.387. The van der Waals surface area contributed by atoms with Crippen LogP contribution in [0.25, 0.3) is 33.1 Å². The smallest absolute Gasteiger partial charge is 0.276 e. The zero-order valence-corrected chi connectivity index (χ0v) is 25.8. The van der Waals surface area contributed by atoms with Gasteiger partial charge in [-0.1, -0.05) is 19.6 Å². The van der Waals surface area contributed by atoms with Gasteiger partial charge in [-0.2, -0.15) is 5.10 Å². The molecule has 2 aromatic carbocycles. The van der Waals surface area contributed by atoms with Gasteiger partial charge in [-0.3, -0.25) is 4.79 Å². The number of ether oxygens (including phenoxy) is 3. The Labute approximate surface area is 248 Å². The van der Waals surface area contributed by atoms with Gasteiger partial charge in [0, 0.05) is 63.2 Å². The molecule has 1 aliphatic heterocycles. The summed E-state index contributed by atoms with van der Waals surface area (Å²) < 4.78 is 51.6. The monoisotopic (exact) mass is 607 g/mol. The first-order valence-electron chi connectivity index (χ1n) is 14.5. The van der Waals surface area contributed by atoms with Crippen molar-refractivity contribution >= 4 is 30.0 Å². The summed E-state index contributed by atoms with van der Waals surface area (Å²) in [4.78, 5) is 18.0. The molecule has 12 heteroatoms. The van der Waals surface area contributed by atoms with Gasteiger partial charge in [0.1, 0.15) is 30.0 Å². The quantitative estimate of drug-likeness (QED) is 0.135. The van der Waals surface area contributed by atoms with Crippen molar-refractivity contribution in [1.29, 1.82) is 0 Å². The van der Waals surface area contributed by atoms with Crippen LogP contribution in [-0.4, -0.2) is 45.2 Å². The van der Waals surface area contributed by atoms with Crippen LogP contribution in [0.3, 0.4) is 0 Å². The maximum absolute atomic E-state index is 14.8. The second kappa shape index (κ2) is 11.7. The molecule has 5 aromatic rings. The highest BCUT2D eigenvalue weighted by atomic mass is 28.3. The number of aromatic nitrogens is 5. The molecule has 1 saturated heterocycles. The van der Waals surface area contributed by atoms with Gasteiger partial charge in [-0.15, -0.1) is 0 Å². The minimum atomic E-state index is -1.28. The molecule has 9 nitrogen and oxygen atoms in total. The van der Waals surface area contributed by atoms with Crippen molar-refractivity contribution in [3.63, 3.8) is 0 Å². The van der Waals surface area contributed by atoms with Crippen molar-refractivity contribution in [3.8, 4) is 22.6 Å². The number of benzene rings is 2. The second-order valence-corrected chi connectivity index (χ2v) is 17.8. The topological polar surface area (TPSA) is 85.3 Å². The van der Waals surface area contributed by atoms with Crippen LogP contribution in [0.2, 0.25) is 25.7 Å². The number of imidazole rings is 1. The lowest BCUT2D eigenvalue weighted by atomic mass is 10.0. The molecule has 0 saturated carbocycles. The predicted octanol–water partition coefficient (Wildman–Crippen LogP) is 6.83. The highest BCUT2D eigenvalue weighted by Gasteiger charge is 2.23. The summed E-state index contributed by atoms with van der Waals surface area (Å²) >= 11 is 0. The zero-order valence-electron chi connectivity index (χ0n) is 24.8. The number of halogens is 2. The van der Waals surface area contributed by atoms with Crippen molar-refractivity contribution in [2.75, 3.05) is 13.2 Å². The van der Waals surface area contributed by atoms with E-state index < -0.39 is 19.7 Å². The maximum atomic E-state index is 14.8. The summed E-state index contributed by atoms with van der Waals surface area (Å²) in [6.07, 6.45) is 7.78. The summed E-state index contributed by atoms with van der Waals surface area (Å²) in [7, 11) is 0.388. The van der Waals surface area contributed by atoms with Crippen LogP contribution in [0.5, 0.6) is 11.5 Å². The number of hydrogen-bond acceptors (Lipinski definition) is 6. The Kier molecular flexibility index (Phi) is 7.92. The average molecular weight is 608 g/mol. The molecule has 6 rings (SSSR count). The first-order chi connectivity index (χ1) is 20.6. The lowest BCUT2D eigenvalue weighted by Gasteiger charge is -2.24. The summed E-state index contributed by atoms with van der Waals surface area (Å²) in [6, 6.07) is 7.82. The molecule has 3 aromatic heterocycles. The van der Waals surface area contributed by atoms with Crippen molar-refractivity contribution in [3.05, 3.63) is 71.0 Å². The number of fused-ring (bicyclic) bond motifs is 2. The van der Waals surface area contributed by atoms with Gasteiger partial charge in [-0.05, 0) is 43.5 Å². The van der Waals surface area contributed by atoms with E-state index in [9.17, 15) is 13.6 Å². The first-order valence-corrected chi connectivity index (χ1v) is 18.2. The number of rotatable bonds is 9. The minimum absolute atomic E-state index is 0.130. The van der Waals surface area contributed by atoms with Gasteiger partial charge in [0.25, 0.3) is 5.56 Å². The van der Waals surface area contributed by atoms with E-state index in [1.54, 1.807) is 36.5 Å². The molecular weight excluding hydrogens is 572 g/mol. The van der Waals surface area contributed by atoms with E-state index in [4.69, 9.17) is 14.2 Å². The Morgan fingerprint density at radius 1 is 1.09 bits per heavy atom. The fourth-order valence-corrected chi connectivity index (χ4v) is 6.09. The first kappa shape index (κ1) is 29.2. The summed E-state index contributed by atoms with van der Waals surface area (Å²) in [5.41, 5.74) is 2.81. The van der Waals surface area contributed by atoms with E-state index in [0.29, 0.717) is 46.5 Å². The fourth-order valence-electron chi connectivity index (χ4n) is 5.34. The van der Waals surface area contributed by atoms with Crippen LogP contribution in [0.4, 0.5) is 8.78 Å². The van der Waals surface area contributed by atoms with E-state index in [1.165, 1.54) is 10.6 Å². The van der Waals surface area contributed by atoms with Gasteiger partial charge >= 0.3 is 0 Å². The number of pyridine rings is 1. The van der Waals surface area contributed by atoms with Crippen molar-refractivity contribution in [2.45, 2.75) is 57.9 Å². The summed E-state index contributed by atoms with van der Waals surface area (Å²) in [5, 5.41) is 5.09. The molecule has 0 amide bonds. The van der Waals surface area contributed by atoms with E-state index in [2.05, 4.69) is 29.7 Å². The molecule has 1 unspecified atom stereocenters. The molecule has 1 fully saturated rings. The molecule has 0 bridgehead atoms. The van der Waals surface area contributed by atoms with Crippen LogP contribution in [0, 0.1) is 11.6 Å². The molecule has 0 spiro atoms. The van der Waals surface area contributed by atoms with E-state index in [0.717, 1.165) is 43.0 Å². The molecular formula is C31H35F2N5O4Si.